The number of fused-ring (bicyclic) bond motifs is 2. The maximum Gasteiger partial charge on any atom is 0.261 e. The third kappa shape index (κ3) is 2.97. The highest BCUT2D eigenvalue weighted by Gasteiger charge is 2.35. The standard InChI is InChI=1S/C21H19N3O3S/c1-3-23(21-22-18-13(2)7-6-10-16(18)28-21)17(25)11-12-24-19(26)14-8-4-5-9-15(14)20(24)27/h4-10H,3,11-12H2,1-2H3. The summed E-state index contributed by atoms with van der Waals surface area (Å²) < 4.78 is 1.03. The van der Waals surface area contributed by atoms with Crippen molar-refractivity contribution in [3.05, 3.63) is 59.2 Å². The molecule has 3 amide bonds. The lowest BCUT2D eigenvalue weighted by molar-refractivity contribution is -0.118. The molecule has 1 aromatic heterocycles. The predicted octanol–water partition coefficient (Wildman–Crippen LogP) is 3.64. The number of nitrogens with zero attached hydrogens (tertiary/aromatic N) is 3. The summed E-state index contributed by atoms with van der Waals surface area (Å²) in [5.41, 5.74) is 2.76. The number of para-hydroxylation sites is 1. The van der Waals surface area contributed by atoms with E-state index in [0.29, 0.717) is 22.8 Å². The van der Waals surface area contributed by atoms with Crippen LogP contribution in [0.1, 0.15) is 39.6 Å². The van der Waals surface area contributed by atoms with Gasteiger partial charge in [-0.05, 0) is 37.6 Å². The Bertz CT molecular complexity index is 1070. The first-order valence-electron chi connectivity index (χ1n) is 9.13. The number of aromatic nitrogens is 1. The Kier molecular flexibility index (Phi) is 4.68. The fourth-order valence-corrected chi connectivity index (χ4v) is 4.52. The number of carbonyl (C=O) groups excluding carboxylic acids is 3. The van der Waals surface area contributed by atoms with Crippen LogP contribution in [0, 0.1) is 6.92 Å². The van der Waals surface area contributed by atoms with E-state index in [1.807, 2.05) is 32.0 Å². The Morgan fingerprint density at radius 2 is 1.75 bits per heavy atom. The van der Waals surface area contributed by atoms with Crippen molar-refractivity contribution in [3.63, 3.8) is 0 Å². The summed E-state index contributed by atoms with van der Waals surface area (Å²) in [7, 11) is 0. The number of carbonyl (C=O) groups is 3. The Balaban J connectivity index is 1.50. The lowest BCUT2D eigenvalue weighted by Gasteiger charge is -2.19. The van der Waals surface area contributed by atoms with E-state index < -0.39 is 0 Å². The van der Waals surface area contributed by atoms with E-state index >= 15 is 0 Å². The van der Waals surface area contributed by atoms with Crippen LogP contribution < -0.4 is 4.90 Å². The minimum atomic E-state index is -0.341. The van der Waals surface area contributed by atoms with Crippen molar-refractivity contribution in [2.75, 3.05) is 18.0 Å². The molecular formula is C21H19N3O3S. The number of imide groups is 1. The van der Waals surface area contributed by atoms with Crippen LogP contribution in [0.4, 0.5) is 5.13 Å². The molecule has 4 rings (SSSR count). The Morgan fingerprint density at radius 3 is 2.36 bits per heavy atom. The number of amides is 3. The van der Waals surface area contributed by atoms with Crippen molar-refractivity contribution in [3.8, 4) is 0 Å². The van der Waals surface area contributed by atoms with Crippen molar-refractivity contribution in [2.45, 2.75) is 20.3 Å². The average Bonchev–Trinajstić information content (AvgIpc) is 3.22. The first-order chi connectivity index (χ1) is 13.5. The molecule has 7 heteroatoms. The highest BCUT2D eigenvalue weighted by Crippen LogP contribution is 2.31. The van der Waals surface area contributed by atoms with Crippen molar-refractivity contribution < 1.29 is 14.4 Å². The lowest BCUT2D eigenvalue weighted by Crippen LogP contribution is -2.36. The SMILES string of the molecule is CCN(C(=O)CCN1C(=O)c2ccccc2C1=O)c1nc2c(C)cccc2s1. The normalized spacial score (nSPS) is 13.3. The van der Waals surface area contributed by atoms with Gasteiger partial charge in [-0.1, -0.05) is 35.6 Å². The van der Waals surface area contributed by atoms with Gasteiger partial charge >= 0.3 is 0 Å². The van der Waals surface area contributed by atoms with Crippen LogP contribution in [-0.4, -0.2) is 40.7 Å². The van der Waals surface area contributed by atoms with Gasteiger partial charge in [0.2, 0.25) is 5.91 Å². The second-order valence-corrected chi connectivity index (χ2v) is 7.62. The summed E-state index contributed by atoms with van der Waals surface area (Å²) in [6.45, 7) is 4.41. The number of anilines is 1. The van der Waals surface area contributed by atoms with Crippen LogP contribution in [0.15, 0.2) is 42.5 Å². The molecule has 0 saturated heterocycles. The zero-order valence-electron chi connectivity index (χ0n) is 15.6. The predicted molar refractivity (Wildman–Crippen MR) is 109 cm³/mol. The Hall–Kier alpha value is -3.06. The smallest absolute Gasteiger partial charge is 0.261 e. The maximum atomic E-state index is 12.8. The van der Waals surface area contributed by atoms with Gasteiger partial charge in [-0.25, -0.2) is 4.98 Å². The molecular weight excluding hydrogens is 374 g/mol. The molecule has 142 valence electrons. The lowest BCUT2D eigenvalue weighted by atomic mass is 10.1. The molecule has 0 radical (unpaired) electrons. The minimum Gasteiger partial charge on any atom is -0.288 e. The van der Waals surface area contributed by atoms with E-state index in [1.54, 1.807) is 29.2 Å². The number of aryl methyl sites for hydroxylation is 1. The summed E-state index contributed by atoms with van der Waals surface area (Å²) in [6.07, 6.45) is 0.0637. The van der Waals surface area contributed by atoms with Crippen molar-refractivity contribution >= 4 is 44.4 Å². The topological polar surface area (TPSA) is 70.6 Å². The first-order valence-corrected chi connectivity index (χ1v) is 9.94. The average molecular weight is 393 g/mol. The zero-order valence-corrected chi connectivity index (χ0v) is 16.5. The molecule has 0 N–H and O–H groups in total. The van der Waals surface area contributed by atoms with Crippen LogP contribution >= 0.6 is 11.3 Å². The van der Waals surface area contributed by atoms with Crippen LogP contribution in [0.3, 0.4) is 0 Å². The number of hydrogen-bond acceptors (Lipinski definition) is 5. The Morgan fingerprint density at radius 1 is 1.07 bits per heavy atom. The second kappa shape index (κ2) is 7.16. The third-order valence-electron chi connectivity index (χ3n) is 4.89. The van der Waals surface area contributed by atoms with Crippen LogP contribution in [-0.2, 0) is 4.79 Å². The number of rotatable bonds is 5. The summed E-state index contributed by atoms with van der Waals surface area (Å²) in [5, 5.41) is 0.638. The molecule has 0 fully saturated rings. The number of hydrogen-bond donors (Lipinski definition) is 0. The van der Waals surface area contributed by atoms with Gasteiger partial charge in [0.25, 0.3) is 11.8 Å². The van der Waals surface area contributed by atoms with E-state index in [-0.39, 0.29) is 30.7 Å². The minimum absolute atomic E-state index is 0.0611. The van der Waals surface area contributed by atoms with Gasteiger partial charge in [-0.3, -0.25) is 24.2 Å². The highest BCUT2D eigenvalue weighted by atomic mass is 32.1. The third-order valence-corrected chi connectivity index (χ3v) is 5.93. The van der Waals surface area contributed by atoms with Gasteiger partial charge in [0.05, 0.1) is 21.3 Å². The molecule has 0 atom stereocenters. The fraction of sp³-hybridized carbons (Fsp3) is 0.238. The van der Waals surface area contributed by atoms with E-state index in [4.69, 9.17) is 0 Å². The van der Waals surface area contributed by atoms with Crippen molar-refractivity contribution in [1.82, 2.24) is 9.88 Å². The van der Waals surface area contributed by atoms with Crippen LogP contribution in [0.5, 0.6) is 0 Å². The molecule has 1 aliphatic rings. The van der Waals surface area contributed by atoms with Gasteiger partial charge < -0.3 is 0 Å². The van der Waals surface area contributed by atoms with E-state index in [0.717, 1.165) is 20.7 Å². The number of thiazole rings is 1. The number of benzene rings is 2. The molecule has 0 aliphatic carbocycles. The van der Waals surface area contributed by atoms with Gasteiger partial charge in [-0.15, -0.1) is 0 Å². The monoisotopic (exact) mass is 393 g/mol. The van der Waals surface area contributed by atoms with Crippen LogP contribution in [0.25, 0.3) is 10.2 Å². The molecule has 0 spiro atoms. The molecule has 0 unspecified atom stereocenters. The molecule has 6 nitrogen and oxygen atoms in total. The van der Waals surface area contributed by atoms with Gasteiger partial charge in [-0.2, -0.15) is 0 Å². The molecule has 2 aromatic carbocycles. The largest absolute Gasteiger partial charge is 0.288 e. The van der Waals surface area contributed by atoms with E-state index in [9.17, 15) is 14.4 Å². The second-order valence-electron chi connectivity index (χ2n) is 6.61. The zero-order chi connectivity index (χ0) is 19.8. The molecule has 2 heterocycles. The van der Waals surface area contributed by atoms with E-state index in [1.165, 1.54) is 11.3 Å². The van der Waals surface area contributed by atoms with Gasteiger partial charge in [0.15, 0.2) is 5.13 Å². The first kappa shape index (κ1) is 18.3. The van der Waals surface area contributed by atoms with Crippen molar-refractivity contribution in [1.29, 1.82) is 0 Å². The van der Waals surface area contributed by atoms with Crippen molar-refractivity contribution in [2.24, 2.45) is 0 Å². The molecule has 1 aliphatic heterocycles. The molecule has 3 aromatic rings. The van der Waals surface area contributed by atoms with Crippen LogP contribution in [0.2, 0.25) is 0 Å². The van der Waals surface area contributed by atoms with E-state index in [2.05, 4.69) is 4.98 Å². The Labute approximate surface area is 166 Å². The maximum absolute atomic E-state index is 12.8. The van der Waals surface area contributed by atoms with Gasteiger partial charge in [0.1, 0.15) is 0 Å². The molecule has 0 bridgehead atoms. The highest BCUT2D eigenvalue weighted by molar-refractivity contribution is 7.22. The summed E-state index contributed by atoms with van der Waals surface area (Å²) in [4.78, 5) is 45.1. The fourth-order valence-electron chi connectivity index (χ4n) is 3.39. The van der Waals surface area contributed by atoms with Gasteiger partial charge in [0, 0.05) is 19.5 Å². The molecule has 0 saturated carbocycles. The summed E-state index contributed by atoms with van der Waals surface area (Å²) in [6, 6.07) is 12.7. The quantitative estimate of drug-likeness (QED) is 0.621. The summed E-state index contributed by atoms with van der Waals surface area (Å²) >= 11 is 1.47. The molecule has 28 heavy (non-hydrogen) atoms. The summed E-state index contributed by atoms with van der Waals surface area (Å²) in [5.74, 6) is -0.838.